The van der Waals surface area contributed by atoms with Gasteiger partial charge in [-0.15, -0.1) is 0 Å². The highest BCUT2D eigenvalue weighted by molar-refractivity contribution is 5.45. The normalized spacial score (nSPS) is 20.2. The van der Waals surface area contributed by atoms with Crippen molar-refractivity contribution in [2.45, 2.75) is 18.9 Å². The smallest absolute Gasteiger partial charge is 0.214 e. The fourth-order valence-corrected chi connectivity index (χ4v) is 1.80. The summed E-state index contributed by atoms with van der Waals surface area (Å²) in [5.74, 6) is 0.652. The van der Waals surface area contributed by atoms with Crippen LogP contribution in [0.2, 0.25) is 0 Å². The van der Waals surface area contributed by atoms with Crippen LogP contribution in [0.3, 0.4) is 0 Å². The molecule has 1 aromatic heterocycles. The van der Waals surface area contributed by atoms with Gasteiger partial charge < -0.3 is 15.4 Å². The monoisotopic (exact) mass is 207 g/mol. The summed E-state index contributed by atoms with van der Waals surface area (Å²) in [7, 11) is 1.63. The maximum absolute atomic E-state index is 5.06. The van der Waals surface area contributed by atoms with Crippen molar-refractivity contribution in [3.05, 3.63) is 18.3 Å². The van der Waals surface area contributed by atoms with E-state index < -0.39 is 0 Å². The van der Waals surface area contributed by atoms with Crippen LogP contribution in [0.1, 0.15) is 12.8 Å². The summed E-state index contributed by atoms with van der Waals surface area (Å²) in [5, 5.41) is 6.82. The van der Waals surface area contributed by atoms with Gasteiger partial charge in [0.05, 0.1) is 7.11 Å². The van der Waals surface area contributed by atoms with Gasteiger partial charge in [0.2, 0.25) is 5.88 Å². The van der Waals surface area contributed by atoms with E-state index in [1.165, 1.54) is 12.8 Å². The summed E-state index contributed by atoms with van der Waals surface area (Å²) in [6.45, 7) is 2.11. The highest BCUT2D eigenvalue weighted by atomic mass is 16.5. The zero-order valence-corrected chi connectivity index (χ0v) is 8.99. The maximum Gasteiger partial charge on any atom is 0.214 e. The lowest BCUT2D eigenvalue weighted by Crippen LogP contribution is -2.29. The number of pyridine rings is 1. The summed E-state index contributed by atoms with van der Waals surface area (Å²) in [4.78, 5) is 4.06. The van der Waals surface area contributed by atoms with Crippen LogP contribution in [0.15, 0.2) is 18.3 Å². The Morgan fingerprint density at radius 3 is 3.33 bits per heavy atom. The van der Waals surface area contributed by atoms with Gasteiger partial charge in [-0.25, -0.2) is 4.98 Å². The second kappa shape index (κ2) is 4.98. The van der Waals surface area contributed by atoms with Crippen LogP contribution in [0, 0.1) is 0 Å². The van der Waals surface area contributed by atoms with Gasteiger partial charge in [0.15, 0.2) is 0 Å². The van der Waals surface area contributed by atoms with E-state index in [9.17, 15) is 0 Å². The van der Waals surface area contributed by atoms with Crippen molar-refractivity contribution in [2.75, 3.05) is 25.5 Å². The molecule has 1 saturated heterocycles. The van der Waals surface area contributed by atoms with Crippen molar-refractivity contribution in [3.63, 3.8) is 0 Å². The van der Waals surface area contributed by atoms with Gasteiger partial charge in [-0.2, -0.15) is 0 Å². The molecular weight excluding hydrogens is 190 g/mol. The van der Waals surface area contributed by atoms with Gasteiger partial charge in [-0.1, -0.05) is 0 Å². The number of rotatable bonds is 4. The predicted octanol–water partition coefficient (Wildman–Crippen LogP) is 1.25. The van der Waals surface area contributed by atoms with Crippen LogP contribution < -0.4 is 15.4 Å². The number of nitrogens with one attached hydrogen (secondary N) is 2. The van der Waals surface area contributed by atoms with E-state index in [1.54, 1.807) is 13.3 Å². The first-order chi connectivity index (χ1) is 7.38. The average Bonchev–Trinajstić information content (AvgIpc) is 2.79. The van der Waals surface area contributed by atoms with Crippen molar-refractivity contribution >= 4 is 5.69 Å². The molecule has 0 spiro atoms. The molecule has 0 saturated carbocycles. The molecule has 2 N–H and O–H groups in total. The molecule has 1 aliphatic heterocycles. The fraction of sp³-hybridized carbons (Fsp3) is 0.545. The Balaban J connectivity index is 1.86. The first-order valence-electron chi connectivity index (χ1n) is 5.36. The minimum absolute atomic E-state index is 0.601. The third-order valence-electron chi connectivity index (χ3n) is 2.66. The lowest BCUT2D eigenvalue weighted by molar-refractivity contribution is 0.398. The number of methoxy groups -OCH3 is 1. The molecule has 0 bridgehead atoms. The molecule has 2 rings (SSSR count). The molecule has 0 aromatic carbocycles. The van der Waals surface area contributed by atoms with Crippen LogP contribution in [0.25, 0.3) is 0 Å². The molecule has 0 aliphatic carbocycles. The molecule has 4 heteroatoms. The molecule has 82 valence electrons. The van der Waals surface area contributed by atoms with Crippen molar-refractivity contribution in [1.29, 1.82) is 0 Å². The van der Waals surface area contributed by atoms with E-state index in [-0.39, 0.29) is 0 Å². The Kier molecular flexibility index (Phi) is 3.40. The van der Waals surface area contributed by atoms with E-state index in [0.29, 0.717) is 11.9 Å². The van der Waals surface area contributed by atoms with E-state index >= 15 is 0 Å². The topological polar surface area (TPSA) is 46.2 Å². The molecular formula is C11H17N3O. The quantitative estimate of drug-likeness (QED) is 0.780. The van der Waals surface area contributed by atoms with Crippen LogP contribution >= 0.6 is 0 Å². The molecule has 0 radical (unpaired) electrons. The summed E-state index contributed by atoms with van der Waals surface area (Å²) < 4.78 is 5.06. The molecule has 1 unspecified atom stereocenters. The van der Waals surface area contributed by atoms with Gasteiger partial charge in [-0.3, -0.25) is 0 Å². The number of nitrogens with zero attached hydrogens (tertiary/aromatic N) is 1. The molecule has 0 amide bonds. The molecule has 1 fully saturated rings. The van der Waals surface area contributed by atoms with Gasteiger partial charge in [0.25, 0.3) is 0 Å². The molecule has 15 heavy (non-hydrogen) atoms. The number of anilines is 1. The Morgan fingerprint density at radius 2 is 2.60 bits per heavy atom. The molecule has 1 aliphatic rings. The van der Waals surface area contributed by atoms with Crippen LogP contribution in [-0.2, 0) is 0 Å². The third-order valence-corrected chi connectivity index (χ3v) is 2.66. The number of hydrogen-bond acceptors (Lipinski definition) is 4. The largest absolute Gasteiger partial charge is 0.481 e. The first kappa shape index (κ1) is 10.2. The zero-order chi connectivity index (χ0) is 10.5. The summed E-state index contributed by atoms with van der Waals surface area (Å²) in [6, 6.07) is 4.47. The van der Waals surface area contributed by atoms with Gasteiger partial charge in [0.1, 0.15) is 0 Å². The zero-order valence-electron chi connectivity index (χ0n) is 8.99. The van der Waals surface area contributed by atoms with E-state index in [1.807, 2.05) is 12.1 Å². The molecule has 4 nitrogen and oxygen atoms in total. The third kappa shape index (κ3) is 2.83. The van der Waals surface area contributed by atoms with Gasteiger partial charge in [0, 0.05) is 30.5 Å². The predicted molar refractivity (Wildman–Crippen MR) is 60.3 cm³/mol. The average molecular weight is 207 g/mol. The minimum Gasteiger partial charge on any atom is -0.481 e. The summed E-state index contributed by atoms with van der Waals surface area (Å²) >= 11 is 0. The van der Waals surface area contributed by atoms with Gasteiger partial charge >= 0.3 is 0 Å². The first-order valence-corrected chi connectivity index (χ1v) is 5.36. The Hall–Kier alpha value is -1.29. The molecule has 1 aromatic rings. The molecule has 1 atom stereocenters. The summed E-state index contributed by atoms with van der Waals surface area (Å²) in [6.07, 6.45) is 4.30. The second-order valence-corrected chi connectivity index (χ2v) is 3.76. The van der Waals surface area contributed by atoms with Crippen LogP contribution in [-0.4, -0.2) is 31.2 Å². The van der Waals surface area contributed by atoms with E-state index in [0.717, 1.165) is 18.8 Å². The highest BCUT2D eigenvalue weighted by Crippen LogP contribution is 2.14. The highest BCUT2D eigenvalue weighted by Gasteiger charge is 2.13. The number of hydrogen-bond donors (Lipinski definition) is 2. The Labute approximate surface area is 90.0 Å². The van der Waals surface area contributed by atoms with Crippen LogP contribution in [0.4, 0.5) is 5.69 Å². The van der Waals surface area contributed by atoms with Crippen molar-refractivity contribution in [3.8, 4) is 5.88 Å². The van der Waals surface area contributed by atoms with Crippen molar-refractivity contribution in [2.24, 2.45) is 0 Å². The number of ether oxygens (including phenoxy) is 1. The van der Waals surface area contributed by atoms with Crippen molar-refractivity contribution in [1.82, 2.24) is 10.3 Å². The van der Waals surface area contributed by atoms with E-state index in [2.05, 4.69) is 15.6 Å². The lowest BCUT2D eigenvalue weighted by atomic mass is 10.2. The lowest BCUT2D eigenvalue weighted by Gasteiger charge is -2.12. The SMILES string of the molecule is COc1cc(NCC2CCCN2)ccn1. The fourth-order valence-electron chi connectivity index (χ4n) is 1.80. The minimum atomic E-state index is 0.601. The Bertz CT molecular complexity index is 310. The number of aromatic nitrogens is 1. The van der Waals surface area contributed by atoms with Gasteiger partial charge in [-0.05, 0) is 25.5 Å². The summed E-state index contributed by atoms with van der Waals surface area (Å²) in [5.41, 5.74) is 1.07. The van der Waals surface area contributed by atoms with Crippen LogP contribution in [0.5, 0.6) is 5.88 Å². The van der Waals surface area contributed by atoms with E-state index in [4.69, 9.17) is 4.74 Å². The molecule has 2 heterocycles. The second-order valence-electron chi connectivity index (χ2n) is 3.76. The Morgan fingerprint density at radius 1 is 1.67 bits per heavy atom. The van der Waals surface area contributed by atoms with Crippen molar-refractivity contribution < 1.29 is 4.74 Å². The standard InChI is InChI=1S/C11H17N3O/c1-15-11-7-9(4-6-13-11)14-8-10-3-2-5-12-10/h4,6-7,10,12H,2-3,5,8H2,1H3,(H,13,14). The maximum atomic E-state index is 5.06.